The van der Waals surface area contributed by atoms with E-state index < -0.39 is 4.92 Å². The second-order valence-electron chi connectivity index (χ2n) is 3.63. The molecule has 0 spiro atoms. The van der Waals surface area contributed by atoms with Gasteiger partial charge in [-0.25, -0.2) is 0 Å². The van der Waals surface area contributed by atoms with Crippen LogP contribution in [0.3, 0.4) is 0 Å². The van der Waals surface area contributed by atoms with Crippen LogP contribution in [-0.2, 0) is 6.54 Å². The molecular weight excluding hydrogens is 298 g/mol. The van der Waals surface area contributed by atoms with Crippen molar-refractivity contribution in [2.75, 3.05) is 5.32 Å². The predicted molar refractivity (Wildman–Crippen MR) is 72.4 cm³/mol. The Bertz CT molecular complexity index is 540. The van der Waals surface area contributed by atoms with Gasteiger partial charge in [0, 0.05) is 28.5 Å². The molecule has 0 amide bonds. The van der Waals surface area contributed by atoms with E-state index in [4.69, 9.17) is 0 Å². The maximum atomic E-state index is 10.5. The number of benzene rings is 1. The number of hydrogen-bond acceptors (Lipinski definition) is 4. The van der Waals surface area contributed by atoms with Crippen LogP contribution in [0.5, 0.6) is 0 Å². The number of nitrogens with one attached hydrogen (secondary N) is 1. The monoisotopic (exact) mass is 307 g/mol. The van der Waals surface area contributed by atoms with Crippen LogP contribution >= 0.6 is 15.9 Å². The van der Waals surface area contributed by atoms with Gasteiger partial charge >= 0.3 is 0 Å². The Morgan fingerprint density at radius 2 is 1.94 bits per heavy atom. The van der Waals surface area contributed by atoms with Gasteiger partial charge in [-0.1, -0.05) is 0 Å². The van der Waals surface area contributed by atoms with Gasteiger partial charge in [0.05, 0.1) is 17.2 Å². The Morgan fingerprint density at radius 3 is 2.50 bits per heavy atom. The molecule has 0 aliphatic heterocycles. The zero-order valence-corrected chi connectivity index (χ0v) is 10.9. The second kappa shape index (κ2) is 5.59. The fourth-order valence-corrected chi connectivity index (χ4v) is 1.64. The first-order chi connectivity index (χ1) is 8.65. The zero-order chi connectivity index (χ0) is 13.0. The van der Waals surface area contributed by atoms with Crippen molar-refractivity contribution in [1.29, 1.82) is 0 Å². The molecule has 0 unspecified atom stereocenters. The van der Waals surface area contributed by atoms with Gasteiger partial charge in [0.15, 0.2) is 0 Å². The first kappa shape index (κ1) is 12.5. The van der Waals surface area contributed by atoms with Crippen molar-refractivity contribution in [2.24, 2.45) is 0 Å². The molecule has 0 aliphatic rings. The highest BCUT2D eigenvalue weighted by Gasteiger charge is 2.03. The van der Waals surface area contributed by atoms with Crippen molar-refractivity contribution in [3.63, 3.8) is 0 Å². The van der Waals surface area contributed by atoms with E-state index in [0.717, 1.165) is 15.9 Å². The zero-order valence-electron chi connectivity index (χ0n) is 9.34. The maximum Gasteiger partial charge on any atom is 0.269 e. The molecule has 2 aromatic rings. The van der Waals surface area contributed by atoms with Crippen molar-refractivity contribution in [1.82, 2.24) is 4.98 Å². The van der Waals surface area contributed by atoms with E-state index in [9.17, 15) is 10.1 Å². The number of non-ortho nitro benzene ring substituents is 1. The van der Waals surface area contributed by atoms with Crippen LogP contribution in [0.1, 0.15) is 5.69 Å². The number of halogens is 1. The molecule has 0 radical (unpaired) electrons. The van der Waals surface area contributed by atoms with E-state index in [1.807, 2.05) is 12.1 Å². The lowest BCUT2D eigenvalue weighted by atomic mass is 10.2. The van der Waals surface area contributed by atoms with Crippen LogP contribution in [0.15, 0.2) is 47.1 Å². The van der Waals surface area contributed by atoms with Gasteiger partial charge in [-0.15, -0.1) is 0 Å². The van der Waals surface area contributed by atoms with Crippen molar-refractivity contribution in [2.45, 2.75) is 6.54 Å². The number of nitro benzene ring substituents is 1. The van der Waals surface area contributed by atoms with Gasteiger partial charge in [0.1, 0.15) is 0 Å². The third kappa shape index (κ3) is 3.27. The molecular formula is C12H10BrN3O2. The summed E-state index contributed by atoms with van der Waals surface area (Å²) in [4.78, 5) is 14.3. The first-order valence-electron chi connectivity index (χ1n) is 5.24. The van der Waals surface area contributed by atoms with Crippen LogP contribution in [-0.4, -0.2) is 9.91 Å². The average molecular weight is 308 g/mol. The Labute approximate surface area is 112 Å². The van der Waals surface area contributed by atoms with Crippen LogP contribution in [0.25, 0.3) is 0 Å². The summed E-state index contributed by atoms with van der Waals surface area (Å²) in [7, 11) is 0. The summed E-state index contributed by atoms with van der Waals surface area (Å²) >= 11 is 3.32. The molecule has 0 atom stereocenters. The largest absolute Gasteiger partial charge is 0.379 e. The number of hydrogen-bond donors (Lipinski definition) is 1. The second-order valence-corrected chi connectivity index (χ2v) is 4.54. The normalized spacial score (nSPS) is 10.1. The quantitative estimate of drug-likeness (QED) is 0.694. The lowest BCUT2D eigenvalue weighted by Crippen LogP contribution is -2.01. The molecule has 92 valence electrons. The SMILES string of the molecule is O=[N+]([O-])c1ccc(NCc2ccc(Br)cn2)cc1. The van der Waals surface area contributed by atoms with Crippen molar-refractivity contribution in [3.8, 4) is 0 Å². The van der Waals surface area contributed by atoms with E-state index in [1.165, 1.54) is 12.1 Å². The minimum absolute atomic E-state index is 0.0855. The number of rotatable bonds is 4. The minimum atomic E-state index is -0.417. The molecule has 1 aromatic carbocycles. The smallest absolute Gasteiger partial charge is 0.269 e. The lowest BCUT2D eigenvalue weighted by Gasteiger charge is -2.05. The first-order valence-corrected chi connectivity index (χ1v) is 6.03. The Hall–Kier alpha value is -1.95. The van der Waals surface area contributed by atoms with Gasteiger partial charge in [-0.3, -0.25) is 15.1 Å². The molecule has 0 bridgehead atoms. The minimum Gasteiger partial charge on any atom is -0.379 e. The average Bonchev–Trinajstić information content (AvgIpc) is 2.38. The standard InChI is InChI=1S/C12H10BrN3O2/c13-9-1-2-11(14-7-9)8-15-10-3-5-12(6-4-10)16(17)18/h1-7,15H,8H2. The predicted octanol–water partition coefficient (Wildman–Crippen LogP) is 3.36. The van der Waals surface area contributed by atoms with Crippen molar-refractivity contribution in [3.05, 3.63) is 62.9 Å². The summed E-state index contributed by atoms with van der Waals surface area (Å²) in [6, 6.07) is 10.1. The molecule has 0 saturated heterocycles. The molecule has 0 fully saturated rings. The Kier molecular flexibility index (Phi) is 3.88. The van der Waals surface area contributed by atoms with E-state index in [0.29, 0.717) is 6.54 Å². The van der Waals surface area contributed by atoms with Crippen LogP contribution in [0, 0.1) is 10.1 Å². The third-order valence-corrected chi connectivity index (χ3v) is 2.81. The van der Waals surface area contributed by atoms with Crippen LogP contribution in [0.2, 0.25) is 0 Å². The molecule has 1 N–H and O–H groups in total. The van der Waals surface area contributed by atoms with Gasteiger partial charge < -0.3 is 5.32 Å². The topological polar surface area (TPSA) is 68.1 Å². The van der Waals surface area contributed by atoms with Crippen LogP contribution in [0.4, 0.5) is 11.4 Å². The van der Waals surface area contributed by atoms with Crippen LogP contribution < -0.4 is 5.32 Å². The lowest BCUT2D eigenvalue weighted by molar-refractivity contribution is -0.384. The van der Waals surface area contributed by atoms with Gasteiger partial charge in [0.2, 0.25) is 0 Å². The molecule has 2 rings (SSSR count). The molecule has 18 heavy (non-hydrogen) atoms. The summed E-state index contributed by atoms with van der Waals surface area (Å²) in [5.41, 5.74) is 1.81. The number of aromatic nitrogens is 1. The van der Waals surface area contributed by atoms with E-state index in [1.54, 1.807) is 18.3 Å². The summed E-state index contributed by atoms with van der Waals surface area (Å²) in [6.45, 7) is 0.574. The molecule has 6 heteroatoms. The summed E-state index contributed by atoms with van der Waals surface area (Å²) < 4.78 is 0.932. The molecule has 1 heterocycles. The summed E-state index contributed by atoms with van der Waals surface area (Å²) in [6.07, 6.45) is 1.73. The molecule has 1 aromatic heterocycles. The number of anilines is 1. The Balaban J connectivity index is 1.97. The van der Waals surface area contributed by atoms with E-state index in [2.05, 4.69) is 26.2 Å². The maximum absolute atomic E-state index is 10.5. The van der Waals surface area contributed by atoms with E-state index >= 15 is 0 Å². The molecule has 0 saturated carbocycles. The molecule has 0 aliphatic carbocycles. The number of nitrogens with zero attached hydrogens (tertiary/aromatic N) is 2. The highest BCUT2D eigenvalue weighted by molar-refractivity contribution is 9.10. The van der Waals surface area contributed by atoms with Gasteiger partial charge in [-0.2, -0.15) is 0 Å². The highest BCUT2D eigenvalue weighted by Crippen LogP contribution is 2.16. The Morgan fingerprint density at radius 1 is 1.22 bits per heavy atom. The van der Waals surface area contributed by atoms with Gasteiger partial charge in [0.25, 0.3) is 5.69 Å². The van der Waals surface area contributed by atoms with Crippen molar-refractivity contribution < 1.29 is 4.92 Å². The fourth-order valence-electron chi connectivity index (χ4n) is 1.40. The number of nitro groups is 1. The van der Waals surface area contributed by atoms with Crippen molar-refractivity contribution >= 4 is 27.3 Å². The number of pyridine rings is 1. The van der Waals surface area contributed by atoms with E-state index in [-0.39, 0.29) is 5.69 Å². The highest BCUT2D eigenvalue weighted by atomic mass is 79.9. The fraction of sp³-hybridized carbons (Fsp3) is 0.0833. The summed E-state index contributed by atoms with van der Waals surface area (Å²) in [5.74, 6) is 0. The molecule has 5 nitrogen and oxygen atoms in total. The van der Waals surface area contributed by atoms with Gasteiger partial charge in [-0.05, 0) is 40.2 Å². The summed E-state index contributed by atoms with van der Waals surface area (Å²) in [5, 5.41) is 13.6. The third-order valence-electron chi connectivity index (χ3n) is 2.34.